The Morgan fingerprint density at radius 2 is 1.97 bits per heavy atom. The fourth-order valence-corrected chi connectivity index (χ4v) is 5.24. The Kier molecular flexibility index (Phi) is 5.50. The van der Waals surface area contributed by atoms with Crippen LogP contribution in [0.2, 0.25) is 0 Å². The average molecular weight is 454 g/mol. The maximum Gasteiger partial charge on any atom is 0.274 e. The smallest absolute Gasteiger partial charge is 0.274 e. The zero-order valence-electron chi connectivity index (χ0n) is 17.8. The van der Waals surface area contributed by atoms with Crippen LogP contribution in [0.15, 0.2) is 29.6 Å². The maximum absolute atomic E-state index is 14.4. The van der Waals surface area contributed by atoms with Gasteiger partial charge in [-0.25, -0.2) is 14.1 Å². The number of fused-ring (bicyclic) bond motifs is 1. The third-order valence-corrected chi connectivity index (χ3v) is 7.09. The number of hydrogen-bond donors (Lipinski definition) is 1. The van der Waals surface area contributed by atoms with Crippen LogP contribution in [0, 0.1) is 18.7 Å². The van der Waals surface area contributed by atoms with E-state index in [1.54, 1.807) is 27.8 Å². The monoisotopic (exact) mass is 453 g/mol. The summed E-state index contributed by atoms with van der Waals surface area (Å²) in [5.41, 5.74) is 3.52. The first kappa shape index (κ1) is 20.8. The molecule has 1 fully saturated rings. The summed E-state index contributed by atoms with van der Waals surface area (Å²) in [6.07, 6.45) is 3.68. The second-order valence-electron chi connectivity index (χ2n) is 8.34. The van der Waals surface area contributed by atoms with E-state index in [0.29, 0.717) is 42.4 Å². The summed E-state index contributed by atoms with van der Waals surface area (Å²) >= 11 is 1.41. The molecular weight excluding hydrogens is 429 g/mol. The molecule has 5 rings (SSSR count). The summed E-state index contributed by atoms with van der Waals surface area (Å²) in [7, 11) is 0. The van der Waals surface area contributed by atoms with Crippen LogP contribution in [-0.4, -0.2) is 44.6 Å². The number of aryl methyl sites for hydroxylation is 1. The van der Waals surface area contributed by atoms with Crippen molar-refractivity contribution in [2.75, 3.05) is 18.4 Å². The number of para-hydroxylation sites is 1. The second kappa shape index (κ2) is 8.46. The highest BCUT2D eigenvalue weighted by Gasteiger charge is 2.33. The Balaban J connectivity index is 1.29. The van der Waals surface area contributed by atoms with Crippen molar-refractivity contribution in [3.05, 3.63) is 58.1 Å². The van der Waals surface area contributed by atoms with Crippen molar-refractivity contribution in [2.24, 2.45) is 5.92 Å². The lowest BCUT2D eigenvalue weighted by atomic mass is 9.95. The first-order chi connectivity index (χ1) is 15.5. The summed E-state index contributed by atoms with van der Waals surface area (Å²) in [6.45, 7) is 2.88. The molecule has 166 valence electrons. The summed E-state index contributed by atoms with van der Waals surface area (Å²) in [5, 5.41) is 9.94. The number of benzene rings is 1. The Morgan fingerprint density at radius 1 is 1.19 bits per heavy atom. The average Bonchev–Trinajstić information content (AvgIpc) is 3.51. The summed E-state index contributed by atoms with van der Waals surface area (Å²) in [4.78, 5) is 31.9. The van der Waals surface area contributed by atoms with Crippen molar-refractivity contribution in [1.29, 1.82) is 0 Å². The van der Waals surface area contributed by atoms with E-state index in [-0.39, 0.29) is 23.5 Å². The highest BCUT2D eigenvalue weighted by molar-refractivity contribution is 7.13. The molecule has 0 radical (unpaired) electrons. The molecule has 1 aliphatic carbocycles. The Labute approximate surface area is 189 Å². The standard InChI is InChI=1S/C23H24FN5O2S/c1-14-13-32-23(25-14)26-21(30)15-9-11-28(12-10-15)22(31)20-16-5-4-8-18(16)29(27-20)19-7-3-2-6-17(19)24/h2-3,6-7,13,15H,4-5,8-12H2,1H3,(H,25,26,30). The molecule has 0 saturated carbocycles. The quantitative estimate of drug-likeness (QED) is 0.652. The Morgan fingerprint density at radius 3 is 2.69 bits per heavy atom. The molecule has 9 heteroatoms. The number of likely N-dealkylation sites (tertiary alicyclic amines) is 1. The number of rotatable bonds is 4. The van der Waals surface area contributed by atoms with Crippen molar-refractivity contribution in [3.63, 3.8) is 0 Å². The van der Waals surface area contributed by atoms with Gasteiger partial charge in [0.25, 0.3) is 5.91 Å². The van der Waals surface area contributed by atoms with Gasteiger partial charge in [0.15, 0.2) is 10.8 Å². The summed E-state index contributed by atoms with van der Waals surface area (Å²) in [6, 6.07) is 6.50. The van der Waals surface area contributed by atoms with Gasteiger partial charge in [0.1, 0.15) is 11.5 Å². The van der Waals surface area contributed by atoms with E-state index in [2.05, 4.69) is 15.4 Å². The highest BCUT2D eigenvalue weighted by atomic mass is 32.1. The lowest BCUT2D eigenvalue weighted by molar-refractivity contribution is -0.121. The molecule has 1 saturated heterocycles. The van der Waals surface area contributed by atoms with Gasteiger partial charge in [-0.3, -0.25) is 9.59 Å². The zero-order valence-corrected chi connectivity index (χ0v) is 18.6. The van der Waals surface area contributed by atoms with E-state index in [4.69, 9.17) is 0 Å². The number of amides is 2. The fraction of sp³-hybridized carbons (Fsp3) is 0.391. The third kappa shape index (κ3) is 3.81. The first-order valence-corrected chi connectivity index (χ1v) is 11.8. The summed E-state index contributed by atoms with van der Waals surface area (Å²) in [5.74, 6) is -0.681. The van der Waals surface area contributed by atoms with Crippen molar-refractivity contribution in [2.45, 2.75) is 39.0 Å². The number of anilines is 1. The normalized spacial score (nSPS) is 16.2. The molecule has 2 aliphatic rings. The molecule has 0 bridgehead atoms. The molecule has 7 nitrogen and oxygen atoms in total. The first-order valence-electron chi connectivity index (χ1n) is 10.9. The number of nitrogens with zero attached hydrogens (tertiary/aromatic N) is 4. The largest absolute Gasteiger partial charge is 0.337 e. The van der Waals surface area contributed by atoms with Gasteiger partial charge in [-0.05, 0) is 51.2 Å². The van der Waals surface area contributed by atoms with E-state index in [1.807, 2.05) is 12.3 Å². The molecule has 3 aromatic rings. The van der Waals surface area contributed by atoms with Crippen LogP contribution in [0.25, 0.3) is 5.69 Å². The number of nitrogens with one attached hydrogen (secondary N) is 1. The van der Waals surface area contributed by atoms with Gasteiger partial charge >= 0.3 is 0 Å². The molecule has 0 atom stereocenters. The van der Waals surface area contributed by atoms with Crippen molar-refractivity contribution >= 4 is 28.3 Å². The lowest BCUT2D eigenvalue weighted by Crippen LogP contribution is -2.41. The van der Waals surface area contributed by atoms with Crippen LogP contribution in [0.3, 0.4) is 0 Å². The van der Waals surface area contributed by atoms with E-state index in [0.717, 1.165) is 36.2 Å². The predicted molar refractivity (Wildman–Crippen MR) is 120 cm³/mol. The van der Waals surface area contributed by atoms with Crippen LogP contribution in [0.1, 0.15) is 46.7 Å². The molecule has 2 amide bonds. The van der Waals surface area contributed by atoms with Gasteiger partial charge < -0.3 is 10.2 Å². The second-order valence-corrected chi connectivity index (χ2v) is 9.20. The summed E-state index contributed by atoms with van der Waals surface area (Å²) < 4.78 is 16.0. The molecular formula is C23H24FN5O2S. The molecule has 32 heavy (non-hydrogen) atoms. The minimum atomic E-state index is -0.356. The number of thiazole rings is 1. The van der Waals surface area contributed by atoms with Gasteiger partial charge in [-0.2, -0.15) is 5.10 Å². The number of piperidine rings is 1. The third-order valence-electron chi connectivity index (χ3n) is 6.22. The van der Waals surface area contributed by atoms with Crippen molar-refractivity contribution in [1.82, 2.24) is 19.7 Å². The van der Waals surface area contributed by atoms with Gasteiger partial charge in [-0.1, -0.05) is 12.1 Å². The predicted octanol–water partition coefficient (Wildman–Crippen LogP) is 3.76. The Bertz CT molecular complexity index is 1180. The van der Waals surface area contributed by atoms with Crippen LogP contribution in [-0.2, 0) is 17.6 Å². The van der Waals surface area contributed by atoms with Crippen LogP contribution >= 0.6 is 11.3 Å². The van der Waals surface area contributed by atoms with E-state index in [9.17, 15) is 14.0 Å². The Hall–Kier alpha value is -3.07. The van der Waals surface area contributed by atoms with Gasteiger partial charge in [0.05, 0.1) is 5.69 Å². The molecule has 1 N–H and O–H groups in total. The number of carbonyl (C=O) groups is 2. The fourth-order valence-electron chi connectivity index (χ4n) is 4.55. The topological polar surface area (TPSA) is 80.1 Å². The number of carbonyl (C=O) groups excluding carboxylic acids is 2. The SMILES string of the molecule is Cc1csc(NC(=O)C2CCN(C(=O)c3nn(-c4ccccc4F)c4c3CCC4)CC2)n1. The number of hydrogen-bond acceptors (Lipinski definition) is 5. The molecule has 2 aromatic heterocycles. The van der Waals surface area contributed by atoms with Crippen LogP contribution in [0.5, 0.6) is 0 Å². The molecule has 1 aliphatic heterocycles. The molecule has 1 aromatic carbocycles. The molecule has 0 spiro atoms. The molecule has 0 unspecified atom stereocenters. The van der Waals surface area contributed by atoms with E-state index < -0.39 is 0 Å². The number of halogens is 1. The maximum atomic E-state index is 14.4. The molecule has 3 heterocycles. The minimum absolute atomic E-state index is 0.0452. The van der Waals surface area contributed by atoms with Crippen LogP contribution in [0.4, 0.5) is 9.52 Å². The van der Waals surface area contributed by atoms with Gasteiger partial charge in [0, 0.05) is 35.6 Å². The van der Waals surface area contributed by atoms with Crippen molar-refractivity contribution in [3.8, 4) is 5.69 Å². The zero-order chi connectivity index (χ0) is 22.2. The highest BCUT2D eigenvalue weighted by Crippen LogP contribution is 2.30. The van der Waals surface area contributed by atoms with E-state index in [1.165, 1.54) is 17.4 Å². The minimum Gasteiger partial charge on any atom is -0.337 e. The number of aromatic nitrogens is 3. The van der Waals surface area contributed by atoms with Crippen molar-refractivity contribution < 1.29 is 14.0 Å². The van der Waals surface area contributed by atoms with E-state index >= 15 is 0 Å². The van der Waals surface area contributed by atoms with Gasteiger partial charge in [-0.15, -0.1) is 11.3 Å². The van der Waals surface area contributed by atoms with Gasteiger partial charge in [0.2, 0.25) is 5.91 Å². The lowest BCUT2D eigenvalue weighted by Gasteiger charge is -2.30. The van der Waals surface area contributed by atoms with Crippen LogP contribution < -0.4 is 5.32 Å².